The van der Waals surface area contributed by atoms with E-state index < -0.39 is 0 Å². The van der Waals surface area contributed by atoms with Gasteiger partial charge in [0, 0.05) is 62.8 Å². The first-order valence-electron chi connectivity index (χ1n) is 12.2. The van der Waals surface area contributed by atoms with Crippen LogP contribution in [-0.2, 0) is 11.3 Å². The lowest BCUT2D eigenvalue weighted by molar-refractivity contribution is -0.118. The van der Waals surface area contributed by atoms with Crippen LogP contribution in [0.1, 0.15) is 36.3 Å². The lowest BCUT2D eigenvalue weighted by Gasteiger charge is -2.40. The Morgan fingerprint density at radius 1 is 1.06 bits per heavy atom. The molecule has 0 saturated carbocycles. The molecule has 2 aromatic rings. The molecule has 172 valence electrons. The summed E-state index contributed by atoms with van der Waals surface area (Å²) in [5, 5.41) is 5.33. The lowest BCUT2D eigenvalue weighted by atomic mass is 9.99. The number of nitrogens with one attached hydrogen (secondary N) is 1. The molecule has 2 saturated heterocycles. The van der Waals surface area contributed by atoms with Crippen molar-refractivity contribution in [3.8, 4) is 0 Å². The quantitative estimate of drug-likeness (QED) is 0.741. The summed E-state index contributed by atoms with van der Waals surface area (Å²) in [4.78, 5) is 24.5. The lowest BCUT2D eigenvalue weighted by Crippen LogP contribution is -2.51. The molecular weight excluding hydrogens is 430 g/mol. The highest BCUT2D eigenvalue weighted by atomic mass is 32.2. The van der Waals surface area contributed by atoms with Gasteiger partial charge in [-0.1, -0.05) is 18.2 Å². The molecular formula is C26H31N5OS. The van der Waals surface area contributed by atoms with Crippen LogP contribution < -0.4 is 15.1 Å². The summed E-state index contributed by atoms with van der Waals surface area (Å²) in [5.74, 6) is 2.81. The number of pyridine rings is 1. The van der Waals surface area contributed by atoms with Gasteiger partial charge in [-0.3, -0.25) is 9.69 Å². The van der Waals surface area contributed by atoms with E-state index in [4.69, 9.17) is 4.98 Å². The van der Waals surface area contributed by atoms with Crippen LogP contribution in [0, 0.1) is 0 Å². The summed E-state index contributed by atoms with van der Waals surface area (Å²) in [6.45, 7) is 5.92. The van der Waals surface area contributed by atoms with Gasteiger partial charge in [0.1, 0.15) is 6.04 Å². The van der Waals surface area contributed by atoms with Crippen LogP contribution in [-0.4, -0.2) is 60.3 Å². The number of thioether (sulfide) groups is 1. The first-order chi connectivity index (χ1) is 16.2. The van der Waals surface area contributed by atoms with Gasteiger partial charge in [-0.2, -0.15) is 0 Å². The van der Waals surface area contributed by atoms with Crippen molar-refractivity contribution in [3.63, 3.8) is 0 Å². The minimum Gasteiger partial charge on any atom is -0.369 e. The maximum absolute atomic E-state index is 12.6. The average molecular weight is 462 g/mol. The summed E-state index contributed by atoms with van der Waals surface area (Å²) >= 11 is 1.90. The van der Waals surface area contributed by atoms with Crippen molar-refractivity contribution < 1.29 is 4.79 Å². The molecule has 1 aromatic heterocycles. The van der Waals surface area contributed by atoms with E-state index in [0.29, 0.717) is 5.92 Å². The zero-order valence-electron chi connectivity index (χ0n) is 18.9. The van der Waals surface area contributed by atoms with Crippen molar-refractivity contribution in [2.45, 2.75) is 37.8 Å². The van der Waals surface area contributed by atoms with E-state index >= 15 is 0 Å². The number of aromatic nitrogens is 1. The minimum atomic E-state index is -0.0414. The number of carbonyl (C=O) groups is 1. The Morgan fingerprint density at radius 2 is 1.91 bits per heavy atom. The number of hydrogen-bond donors (Lipinski definition) is 1. The van der Waals surface area contributed by atoms with Gasteiger partial charge in [0.25, 0.3) is 0 Å². The van der Waals surface area contributed by atoms with E-state index in [1.807, 2.05) is 18.0 Å². The van der Waals surface area contributed by atoms with E-state index in [9.17, 15) is 4.79 Å². The molecule has 7 heteroatoms. The largest absolute Gasteiger partial charge is 0.369 e. The number of hydrogen-bond acceptors (Lipinski definition) is 6. The molecule has 4 aliphatic heterocycles. The highest BCUT2D eigenvalue weighted by molar-refractivity contribution is 8.02. The Kier molecular flexibility index (Phi) is 5.76. The topological polar surface area (TPSA) is 51.7 Å². The van der Waals surface area contributed by atoms with Crippen LogP contribution >= 0.6 is 11.8 Å². The highest BCUT2D eigenvalue weighted by Gasteiger charge is 2.35. The van der Waals surface area contributed by atoms with Crippen LogP contribution in [0.5, 0.6) is 0 Å². The average Bonchev–Trinajstić information content (AvgIpc) is 3.40. The Morgan fingerprint density at radius 3 is 2.70 bits per heavy atom. The third kappa shape index (κ3) is 4.24. The smallest absolute Gasteiger partial charge is 0.247 e. The van der Waals surface area contributed by atoms with E-state index in [-0.39, 0.29) is 11.9 Å². The fourth-order valence-electron chi connectivity index (χ4n) is 5.51. The molecule has 1 aromatic carbocycles. The standard InChI is InChI=1S/C26H31N5OS/c32-26-24-3-1-2-9-31(24)25-23(28-26)15-19(16-27-25)17-29-10-12-30(13-11-29)22-6-4-20(5-7-22)21-8-14-33-18-21/h4-8,14-16,21,24H,1-3,9-13,17-18H2,(H,28,32)/t21?,24-/m0/s1. The number of benzene rings is 1. The third-order valence-electron chi connectivity index (χ3n) is 7.41. The van der Waals surface area contributed by atoms with Crippen LogP contribution in [0.2, 0.25) is 0 Å². The van der Waals surface area contributed by atoms with E-state index in [2.05, 4.69) is 61.8 Å². The molecule has 6 nitrogen and oxygen atoms in total. The fourth-order valence-corrected chi connectivity index (χ4v) is 6.43. The van der Waals surface area contributed by atoms with Gasteiger partial charge >= 0.3 is 0 Å². The van der Waals surface area contributed by atoms with E-state index in [0.717, 1.165) is 75.8 Å². The van der Waals surface area contributed by atoms with Crippen molar-refractivity contribution in [2.75, 3.05) is 53.6 Å². The molecule has 0 radical (unpaired) electrons. The second kappa shape index (κ2) is 9.03. The molecule has 0 spiro atoms. The number of piperazine rings is 1. The van der Waals surface area contributed by atoms with Gasteiger partial charge < -0.3 is 15.1 Å². The molecule has 6 rings (SSSR count). The first-order valence-corrected chi connectivity index (χ1v) is 13.2. The normalized spacial score (nSPS) is 25.0. The molecule has 5 heterocycles. The van der Waals surface area contributed by atoms with Gasteiger partial charge in [-0.15, -0.1) is 11.8 Å². The Hall–Kier alpha value is -2.51. The molecule has 1 amide bonds. The number of piperidine rings is 1. The number of allylic oxidation sites excluding steroid dienone is 1. The number of fused-ring (bicyclic) bond motifs is 3. The highest BCUT2D eigenvalue weighted by Crippen LogP contribution is 2.35. The zero-order chi connectivity index (χ0) is 22.2. The second-order valence-electron chi connectivity index (χ2n) is 9.53. The summed E-state index contributed by atoms with van der Waals surface area (Å²) in [6, 6.07) is 11.2. The summed E-state index contributed by atoms with van der Waals surface area (Å²) < 4.78 is 0. The van der Waals surface area contributed by atoms with Crippen LogP contribution in [0.15, 0.2) is 48.0 Å². The number of nitrogens with zero attached hydrogens (tertiary/aromatic N) is 4. The van der Waals surface area contributed by atoms with Crippen LogP contribution in [0.3, 0.4) is 0 Å². The molecule has 0 bridgehead atoms. The number of amides is 1. The van der Waals surface area contributed by atoms with Crippen LogP contribution in [0.25, 0.3) is 0 Å². The van der Waals surface area contributed by atoms with Crippen molar-refractivity contribution in [1.82, 2.24) is 9.88 Å². The maximum Gasteiger partial charge on any atom is 0.247 e. The molecule has 1 N–H and O–H groups in total. The van der Waals surface area contributed by atoms with Gasteiger partial charge in [-0.05, 0) is 54.0 Å². The summed E-state index contributed by atoms with van der Waals surface area (Å²) in [6.07, 6.45) is 7.50. The van der Waals surface area contributed by atoms with Crippen molar-refractivity contribution in [2.24, 2.45) is 0 Å². The third-order valence-corrected chi connectivity index (χ3v) is 8.31. The maximum atomic E-state index is 12.6. The van der Waals surface area contributed by atoms with E-state index in [1.165, 1.54) is 16.8 Å². The minimum absolute atomic E-state index is 0.0414. The molecule has 4 aliphatic rings. The second-order valence-corrected chi connectivity index (χ2v) is 10.5. The molecule has 1 unspecified atom stereocenters. The Balaban J connectivity index is 1.07. The fraction of sp³-hybridized carbons (Fsp3) is 0.462. The molecule has 33 heavy (non-hydrogen) atoms. The molecule has 2 fully saturated rings. The number of anilines is 3. The van der Waals surface area contributed by atoms with Crippen molar-refractivity contribution in [1.29, 1.82) is 0 Å². The predicted octanol–water partition coefficient (Wildman–Crippen LogP) is 4.06. The first kappa shape index (κ1) is 21.1. The SMILES string of the molecule is O=C1Nc2cc(CN3CCN(c4ccc(C5C=CSC5)cc4)CC3)cnc2N2CCCC[C@@H]12. The predicted molar refractivity (Wildman–Crippen MR) is 136 cm³/mol. The van der Waals surface area contributed by atoms with Gasteiger partial charge in [0.2, 0.25) is 5.91 Å². The molecule has 0 aliphatic carbocycles. The number of carbonyl (C=O) groups excluding carboxylic acids is 1. The Labute approximate surface area is 200 Å². The zero-order valence-corrected chi connectivity index (χ0v) is 19.8. The van der Waals surface area contributed by atoms with Gasteiger partial charge in [0.15, 0.2) is 5.82 Å². The van der Waals surface area contributed by atoms with Crippen molar-refractivity contribution in [3.05, 3.63) is 59.1 Å². The van der Waals surface area contributed by atoms with E-state index in [1.54, 1.807) is 0 Å². The van der Waals surface area contributed by atoms with Crippen molar-refractivity contribution >= 4 is 34.9 Å². The molecule has 2 atom stereocenters. The Bertz CT molecular complexity index is 1050. The monoisotopic (exact) mass is 461 g/mol. The van der Waals surface area contributed by atoms with Crippen LogP contribution in [0.4, 0.5) is 17.2 Å². The van der Waals surface area contributed by atoms with Gasteiger partial charge in [0.05, 0.1) is 5.69 Å². The summed E-state index contributed by atoms with van der Waals surface area (Å²) in [7, 11) is 0. The van der Waals surface area contributed by atoms with Gasteiger partial charge in [-0.25, -0.2) is 4.98 Å². The summed E-state index contributed by atoms with van der Waals surface area (Å²) in [5.41, 5.74) is 4.79. The number of rotatable bonds is 4.